The van der Waals surface area contributed by atoms with E-state index in [-0.39, 0.29) is 0 Å². The lowest BCUT2D eigenvalue weighted by molar-refractivity contribution is -0.120. The predicted molar refractivity (Wildman–Crippen MR) is 74.0 cm³/mol. The van der Waals surface area contributed by atoms with E-state index >= 15 is 0 Å². The first-order chi connectivity index (χ1) is 7.89. The van der Waals surface area contributed by atoms with Gasteiger partial charge in [-0.05, 0) is 42.4 Å². The van der Waals surface area contributed by atoms with Crippen molar-refractivity contribution in [1.82, 2.24) is 0 Å². The summed E-state index contributed by atoms with van der Waals surface area (Å²) in [6, 6.07) is 0. The van der Waals surface area contributed by atoms with Gasteiger partial charge in [0.1, 0.15) is 5.78 Å². The molecule has 17 heavy (non-hydrogen) atoms. The third kappa shape index (κ3) is 3.56. The molecule has 0 aromatic carbocycles. The number of ketones is 1. The quantitative estimate of drug-likeness (QED) is 0.669. The van der Waals surface area contributed by atoms with Gasteiger partial charge in [-0.3, -0.25) is 4.79 Å². The van der Waals surface area contributed by atoms with Crippen LogP contribution in [0.1, 0.15) is 73.1 Å². The van der Waals surface area contributed by atoms with Crippen LogP contribution < -0.4 is 0 Å². The molecule has 0 amide bonds. The van der Waals surface area contributed by atoms with Crippen LogP contribution in [0.4, 0.5) is 0 Å². The summed E-state index contributed by atoms with van der Waals surface area (Å²) in [6.45, 7) is 11.7. The van der Waals surface area contributed by atoms with Crippen LogP contribution in [0.5, 0.6) is 0 Å². The Morgan fingerprint density at radius 1 is 1.18 bits per heavy atom. The molecule has 3 atom stereocenters. The molecule has 100 valence electrons. The SMILES string of the molecule is CCCC(=O)CC[C@H]1[C@H](C)CC[C@@H](C)C1(C)C. The first kappa shape index (κ1) is 14.7. The molecule has 1 fully saturated rings. The van der Waals surface area contributed by atoms with Crippen molar-refractivity contribution in [1.29, 1.82) is 0 Å². The summed E-state index contributed by atoms with van der Waals surface area (Å²) in [5, 5.41) is 0. The molecule has 0 saturated heterocycles. The van der Waals surface area contributed by atoms with E-state index in [1.165, 1.54) is 12.8 Å². The topological polar surface area (TPSA) is 17.1 Å². The van der Waals surface area contributed by atoms with E-state index in [0.717, 1.165) is 43.4 Å². The Hall–Kier alpha value is -0.330. The molecule has 0 N–H and O–H groups in total. The third-order valence-electron chi connectivity index (χ3n) is 5.23. The molecule has 0 aromatic heterocycles. The van der Waals surface area contributed by atoms with Gasteiger partial charge in [0.2, 0.25) is 0 Å². The van der Waals surface area contributed by atoms with Crippen LogP contribution in [0.2, 0.25) is 0 Å². The number of hydrogen-bond donors (Lipinski definition) is 0. The van der Waals surface area contributed by atoms with Gasteiger partial charge in [0.15, 0.2) is 0 Å². The molecule has 1 rings (SSSR count). The van der Waals surface area contributed by atoms with Gasteiger partial charge in [0.25, 0.3) is 0 Å². The maximum atomic E-state index is 11.7. The molecule has 0 spiro atoms. The molecule has 1 heteroatoms. The average molecular weight is 238 g/mol. The van der Waals surface area contributed by atoms with Gasteiger partial charge in [-0.15, -0.1) is 0 Å². The molecule has 0 radical (unpaired) electrons. The standard InChI is InChI=1S/C16H30O/c1-6-7-14(17)10-11-15-12(2)8-9-13(3)16(15,4)5/h12-13,15H,6-11H2,1-5H3/t12-,13-,15+/m1/s1. The molecular formula is C16H30O. The monoisotopic (exact) mass is 238 g/mol. The fourth-order valence-corrected chi connectivity index (χ4v) is 3.56. The van der Waals surface area contributed by atoms with Crippen molar-refractivity contribution in [2.45, 2.75) is 73.1 Å². The Labute approximate surface area is 107 Å². The minimum Gasteiger partial charge on any atom is -0.300 e. The van der Waals surface area contributed by atoms with Crippen molar-refractivity contribution in [3.63, 3.8) is 0 Å². The minimum absolute atomic E-state index is 0.407. The van der Waals surface area contributed by atoms with Crippen molar-refractivity contribution < 1.29 is 4.79 Å². The van der Waals surface area contributed by atoms with Crippen molar-refractivity contribution in [2.24, 2.45) is 23.2 Å². The largest absolute Gasteiger partial charge is 0.300 e. The first-order valence-corrected chi connectivity index (χ1v) is 7.41. The number of rotatable bonds is 5. The zero-order valence-electron chi connectivity index (χ0n) is 12.4. The number of hydrogen-bond acceptors (Lipinski definition) is 1. The molecule has 0 heterocycles. The molecule has 0 bridgehead atoms. The molecular weight excluding hydrogens is 208 g/mol. The van der Waals surface area contributed by atoms with Gasteiger partial charge in [0, 0.05) is 12.8 Å². The summed E-state index contributed by atoms with van der Waals surface area (Å²) in [4.78, 5) is 11.7. The van der Waals surface area contributed by atoms with Crippen molar-refractivity contribution in [3.05, 3.63) is 0 Å². The van der Waals surface area contributed by atoms with Crippen LogP contribution in [-0.4, -0.2) is 5.78 Å². The second kappa shape index (κ2) is 6.02. The molecule has 1 aliphatic carbocycles. The Bertz CT molecular complexity index is 254. The molecule has 0 unspecified atom stereocenters. The van der Waals surface area contributed by atoms with Crippen LogP contribution >= 0.6 is 0 Å². The minimum atomic E-state index is 0.407. The predicted octanol–water partition coefficient (Wildman–Crippen LogP) is 4.84. The first-order valence-electron chi connectivity index (χ1n) is 7.41. The second-order valence-electron chi connectivity index (χ2n) is 6.71. The summed E-state index contributed by atoms with van der Waals surface area (Å²) >= 11 is 0. The van der Waals surface area contributed by atoms with Crippen LogP contribution in [0.3, 0.4) is 0 Å². The lowest BCUT2D eigenvalue weighted by Crippen LogP contribution is -2.39. The van der Waals surface area contributed by atoms with Crippen LogP contribution in [0.25, 0.3) is 0 Å². The van der Waals surface area contributed by atoms with Crippen molar-refractivity contribution in [2.75, 3.05) is 0 Å². The molecule has 0 aliphatic heterocycles. The van der Waals surface area contributed by atoms with Crippen LogP contribution in [0.15, 0.2) is 0 Å². The van der Waals surface area contributed by atoms with Gasteiger partial charge in [-0.25, -0.2) is 0 Å². The smallest absolute Gasteiger partial charge is 0.132 e. The van der Waals surface area contributed by atoms with E-state index in [0.29, 0.717) is 11.2 Å². The molecule has 1 saturated carbocycles. The summed E-state index contributed by atoms with van der Waals surface area (Å²) in [5.74, 6) is 2.78. The lowest BCUT2D eigenvalue weighted by Gasteiger charge is -2.47. The van der Waals surface area contributed by atoms with Gasteiger partial charge in [-0.1, -0.05) is 41.0 Å². The van der Waals surface area contributed by atoms with Gasteiger partial charge >= 0.3 is 0 Å². The number of carbonyl (C=O) groups is 1. The zero-order chi connectivity index (χ0) is 13.1. The second-order valence-corrected chi connectivity index (χ2v) is 6.71. The van der Waals surface area contributed by atoms with Crippen molar-refractivity contribution >= 4 is 5.78 Å². The third-order valence-corrected chi connectivity index (χ3v) is 5.23. The Balaban J connectivity index is 2.57. The Morgan fingerprint density at radius 2 is 1.82 bits per heavy atom. The van der Waals surface area contributed by atoms with E-state index in [4.69, 9.17) is 0 Å². The van der Waals surface area contributed by atoms with E-state index in [9.17, 15) is 4.79 Å². The van der Waals surface area contributed by atoms with E-state index in [1.807, 2.05) is 0 Å². The van der Waals surface area contributed by atoms with Gasteiger partial charge in [-0.2, -0.15) is 0 Å². The summed E-state index contributed by atoms with van der Waals surface area (Å²) in [6.07, 6.45) is 6.39. The maximum Gasteiger partial charge on any atom is 0.132 e. The highest BCUT2D eigenvalue weighted by atomic mass is 16.1. The lowest BCUT2D eigenvalue weighted by atomic mass is 9.58. The maximum absolute atomic E-state index is 11.7. The number of carbonyl (C=O) groups excluding carboxylic acids is 1. The van der Waals surface area contributed by atoms with Gasteiger partial charge < -0.3 is 0 Å². The summed E-state index contributed by atoms with van der Waals surface area (Å²) in [7, 11) is 0. The Morgan fingerprint density at radius 3 is 2.41 bits per heavy atom. The molecule has 1 aliphatic rings. The van der Waals surface area contributed by atoms with E-state index < -0.39 is 0 Å². The zero-order valence-corrected chi connectivity index (χ0v) is 12.4. The highest BCUT2D eigenvalue weighted by molar-refractivity contribution is 5.78. The number of Topliss-reactive ketones (excluding diaryl/α,β-unsaturated/α-hetero) is 1. The average Bonchev–Trinajstić information content (AvgIpc) is 2.24. The summed E-state index contributed by atoms with van der Waals surface area (Å²) < 4.78 is 0. The highest BCUT2D eigenvalue weighted by Gasteiger charge is 2.41. The highest BCUT2D eigenvalue weighted by Crippen LogP contribution is 2.49. The molecule has 0 aromatic rings. The van der Waals surface area contributed by atoms with Crippen LogP contribution in [-0.2, 0) is 4.79 Å². The molecule has 1 nitrogen and oxygen atoms in total. The van der Waals surface area contributed by atoms with E-state index in [2.05, 4.69) is 34.6 Å². The van der Waals surface area contributed by atoms with Crippen molar-refractivity contribution in [3.8, 4) is 0 Å². The van der Waals surface area contributed by atoms with Crippen LogP contribution in [0, 0.1) is 23.2 Å². The Kier molecular flexibility index (Phi) is 5.22. The van der Waals surface area contributed by atoms with E-state index in [1.54, 1.807) is 0 Å². The summed E-state index contributed by atoms with van der Waals surface area (Å²) in [5.41, 5.74) is 0.407. The fraction of sp³-hybridized carbons (Fsp3) is 0.938. The normalized spacial score (nSPS) is 32.4. The fourth-order valence-electron chi connectivity index (χ4n) is 3.56. The van der Waals surface area contributed by atoms with Gasteiger partial charge in [0.05, 0.1) is 0 Å².